The molecular weight excluding hydrogens is 202 g/mol. The molecule has 3 heteroatoms. The summed E-state index contributed by atoms with van der Waals surface area (Å²) in [6.07, 6.45) is 0.950. The van der Waals surface area contributed by atoms with Crippen molar-refractivity contribution < 1.29 is 9.47 Å². The van der Waals surface area contributed by atoms with Crippen LogP contribution in [0.2, 0.25) is 0 Å². The van der Waals surface area contributed by atoms with Gasteiger partial charge in [-0.25, -0.2) is 0 Å². The van der Waals surface area contributed by atoms with E-state index in [2.05, 4.69) is 5.32 Å². The van der Waals surface area contributed by atoms with Gasteiger partial charge >= 0.3 is 0 Å². The van der Waals surface area contributed by atoms with Crippen LogP contribution in [0.1, 0.15) is 13.3 Å². The van der Waals surface area contributed by atoms with Gasteiger partial charge in [-0.15, -0.1) is 0 Å². The first-order valence-corrected chi connectivity index (χ1v) is 5.79. The molecule has 0 radical (unpaired) electrons. The largest absolute Gasteiger partial charge is 0.494 e. The quantitative estimate of drug-likeness (QED) is 0.732. The van der Waals surface area contributed by atoms with Crippen molar-refractivity contribution >= 4 is 0 Å². The van der Waals surface area contributed by atoms with Crippen LogP contribution in [-0.4, -0.2) is 32.9 Å². The Labute approximate surface area is 97.8 Å². The maximum atomic E-state index is 5.62. The summed E-state index contributed by atoms with van der Waals surface area (Å²) in [6, 6.07) is 10.2. The predicted molar refractivity (Wildman–Crippen MR) is 65.9 cm³/mol. The molecule has 1 rings (SSSR count). The fourth-order valence-electron chi connectivity index (χ4n) is 1.41. The fourth-order valence-corrected chi connectivity index (χ4v) is 1.41. The van der Waals surface area contributed by atoms with Gasteiger partial charge in [-0.05, 0) is 32.5 Å². The minimum Gasteiger partial charge on any atom is -0.494 e. The van der Waals surface area contributed by atoms with E-state index < -0.39 is 0 Å². The van der Waals surface area contributed by atoms with Crippen molar-refractivity contribution in [2.45, 2.75) is 19.4 Å². The van der Waals surface area contributed by atoms with Gasteiger partial charge in [-0.3, -0.25) is 0 Å². The molecule has 0 aromatic heterocycles. The Morgan fingerprint density at radius 2 is 2.00 bits per heavy atom. The van der Waals surface area contributed by atoms with Crippen LogP contribution in [0.15, 0.2) is 30.3 Å². The lowest BCUT2D eigenvalue weighted by Gasteiger charge is -2.16. The molecule has 0 saturated heterocycles. The molecule has 3 nitrogen and oxygen atoms in total. The molecule has 1 atom stereocenters. The van der Waals surface area contributed by atoms with Gasteiger partial charge in [0, 0.05) is 12.6 Å². The lowest BCUT2D eigenvalue weighted by Crippen LogP contribution is -2.32. The molecule has 0 aliphatic rings. The molecule has 0 heterocycles. The number of hydrogen-bond donors (Lipinski definition) is 1. The molecule has 0 aliphatic carbocycles. The summed E-state index contributed by atoms with van der Waals surface area (Å²) in [6.45, 7) is 4.22. The summed E-state index contributed by atoms with van der Waals surface area (Å²) in [5.41, 5.74) is 0. The predicted octanol–water partition coefficient (Wildman–Crippen LogP) is 2.08. The van der Waals surface area contributed by atoms with E-state index in [4.69, 9.17) is 9.47 Å². The molecule has 0 bridgehead atoms. The Hall–Kier alpha value is -1.06. The van der Waals surface area contributed by atoms with E-state index in [9.17, 15) is 0 Å². The SMILES string of the molecule is CCOCC(CCOc1ccccc1)NC. The Morgan fingerprint density at radius 3 is 2.62 bits per heavy atom. The summed E-state index contributed by atoms with van der Waals surface area (Å²) >= 11 is 0. The van der Waals surface area contributed by atoms with E-state index in [0.29, 0.717) is 12.6 Å². The van der Waals surface area contributed by atoms with Gasteiger partial charge in [0.25, 0.3) is 0 Å². The van der Waals surface area contributed by atoms with Crippen molar-refractivity contribution in [1.29, 1.82) is 0 Å². The van der Waals surface area contributed by atoms with Crippen LogP contribution in [0.4, 0.5) is 0 Å². The standard InChI is InChI=1S/C13H21NO2/c1-3-15-11-12(14-2)9-10-16-13-7-5-4-6-8-13/h4-8,12,14H,3,9-11H2,1-2H3. The van der Waals surface area contributed by atoms with Crippen molar-refractivity contribution in [1.82, 2.24) is 5.32 Å². The maximum Gasteiger partial charge on any atom is 0.119 e. The number of benzene rings is 1. The van der Waals surface area contributed by atoms with Gasteiger partial charge in [0.1, 0.15) is 5.75 Å². The van der Waals surface area contributed by atoms with E-state index in [-0.39, 0.29) is 0 Å². The van der Waals surface area contributed by atoms with E-state index in [1.807, 2.05) is 44.3 Å². The van der Waals surface area contributed by atoms with Gasteiger partial charge in [0.2, 0.25) is 0 Å². The van der Waals surface area contributed by atoms with Crippen molar-refractivity contribution in [3.05, 3.63) is 30.3 Å². The zero-order valence-electron chi connectivity index (χ0n) is 10.1. The summed E-state index contributed by atoms with van der Waals surface area (Å²) in [5.74, 6) is 0.925. The van der Waals surface area contributed by atoms with E-state index in [0.717, 1.165) is 25.4 Å². The molecule has 0 saturated carbocycles. The third-order valence-corrected chi connectivity index (χ3v) is 2.41. The zero-order chi connectivity index (χ0) is 11.6. The number of likely N-dealkylation sites (N-methyl/N-ethyl adjacent to an activating group) is 1. The number of nitrogens with one attached hydrogen (secondary N) is 1. The van der Waals surface area contributed by atoms with Crippen LogP contribution in [-0.2, 0) is 4.74 Å². The maximum absolute atomic E-state index is 5.62. The number of ether oxygens (including phenoxy) is 2. The highest BCUT2D eigenvalue weighted by atomic mass is 16.5. The molecule has 16 heavy (non-hydrogen) atoms. The fraction of sp³-hybridized carbons (Fsp3) is 0.538. The Balaban J connectivity index is 2.18. The van der Waals surface area contributed by atoms with Crippen molar-refractivity contribution in [2.75, 3.05) is 26.9 Å². The van der Waals surface area contributed by atoms with Gasteiger partial charge in [-0.1, -0.05) is 18.2 Å². The highest BCUT2D eigenvalue weighted by Gasteiger charge is 2.05. The molecular formula is C13H21NO2. The Bertz CT molecular complexity index is 264. The molecule has 0 amide bonds. The summed E-state index contributed by atoms with van der Waals surface area (Å²) in [7, 11) is 1.95. The van der Waals surface area contributed by atoms with Crippen LogP contribution in [0, 0.1) is 0 Å². The average molecular weight is 223 g/mol. The average Bonchev–Trinajstić information content (AvgIpc) is 2.35. The van der Waals surface area contributed by atoms with Gasteiger partial charge in [-0.2, -0.15) is 0 Å². The number of rotatable bonds is 8. The monoisotopic (exact) mass is 223 g/mol. The third-order valence-electron chi connectivity index (χ3n) is 2.41. The highest BCUT2D eigenvalue weighted by Crippen LogP contribution is 2.08. The molecule has 0 aliphatic heterocycles. The first-order valence-electron chi connectivity index (χ1n) is 5.79. The first-order chi connectivity index (χ1) is 7.86. The molecule has 1 unspecified atom stereocenters. The molecule has 1 aromatic carbocycles. The van der Waals surface area contributed by atoms with Crippen LogP contribution in [0.3, 0.4) is 0 Å². The molecule has 1 N–H and O–H groups in total. The molecule has 0 spiro atoms. The minimum absolute atomic E-state index is 0.365. The second-order valence-electron chi connectivity index (χ2n) is 3.60. The molecule has 1 aromatic rings. The molecule has 0 fully saturated rings. The smallest absolute Gasteiger partial charge is 0.119 e. The third kappa shape index (κ3) is 5.14. The second-order valence-corrected chi connectivity index (χ2v) is 3.60. The van der Waals surface area contributed by atoms with Crippen molar-refractivity contribution in [3.8, 4) is 5.75 Å². The number of hydrogen-bond acceptors (Lipinski definition) is 3. The summed E-state index contributed by atoms with van der Waals surface area (Å²) < 4.78 is 11.0. The Morgan fingerprint density at radius 1 is 1.25 bits per heavy atom. The minimum atomic E-state index is 0.365. The summed E-state index contributed by atoms with van der Waals surface area (Å²) in [5, 5.41) is 3.22. The summed E-state index contributed by atoms with van der Waals surface area (Å²) in [4.78, 5) is 0. The van der Waals surface area contributed by atoms with E-state index in [1.54, 1.807) is 0 Å². The molecule has 90 valence electrons. The topological polar surface area (TPSA) is 30.5 Å². The second kappa shape index (κ2) is 8.13. The number of para-hydroxylation sites is 1. The lowest BCUT2D eigenvalue weighted by molar-refractivity contribution is 0.116. The van der Waals surface area contributed by atoms with Crippen molar-refractivity contribution in [2.24, 2.45) is 0 Å². The van der Waals surface area contributed by atoms with E-state index in [1.165, 1.54) is 0 Å². The highest BCUT2D eigenvalue weighted by molar-refractivity contribution is 5.20. The van der Waals surface area contributed by atoms with Crippen LogP contribution >= 0.6 is 0 Å². The van der Waals surface area contributed by atoms with Crippen LogP contribution < -0.4 is 10.1 Å². The van der Waals surface area contributed by atoms with Crippen molar-refractivity contribution in [3.63, 3.8) is 0 Å². The first kappa shape index (κ1) is 13.0. The van der Waals surface area contributed by atoms with Gasteiger partial charge < -0.3 is 14.8 Å². The normalized spacial score (nSPS) is 12.4. The lowest BCUT2D eigenvalue weighted by atomic mass is 10.2. The van der Waals surface area contributed by atoms with Gasteiger partial charge in [0.05, 0.1) is 13.2 Å². The van der Waals surface area contributed by atoms with Crippen LogP contribution in [0.25, 0.3) is 0 Å². The van der Waals surface area contributed by atoms with Crippen LogP contribution in [0.5, 0.6) is 5.75 Å². The van der Waals surface area contributed by atoms with E-state index >= 15 is 0 Å². The zero-order valence-corrected chi connectivity index (χ0v) is 10.1. The Kier molecular flexibility index (Phi) is 6.61. The van der Waals surface area contributed by atoms with Gasteiger partial charge in [0.15, 0.2) is 0 Å².